The minimum atomic E-state index is -4.89. The highest BCUT2D eigenvalue weighted by Gasteiger charge is 2.28. The number of aliphatic hydroxyl groups is 3. The van der Waals surface area contributed by atoms with Crippen molar-refractivity contribution >= 4 is 27.6 Å². The molecule has 15 nitrogen and oxygen atoms in total. The Kier molecular flexibility index (Phi) is 32.7. The molecule has 0 heterocycles. The number of unbranched alkanes of at least 4 members (excludes halogenated alkanes) is 6. The number of hydrogen-bond acceptors (Lipinski definition) is 12. The van der Waals surface area contributed by atoms with Gasteiger partial charge in [0.2, 0.25) is 0 Å². The number of hydrogen-bond donors (Lipinski definition) is 6. The number of aliphatic hydroxyl groups excluding tert-OH is 3. The van der Waals surface area contributed by atoms with E-state index in [-0.39, 0.29) is 32.1 Å². The zero-order valence-electron chi connectivity index (χ0n) is 33.6. The second kappa shape index (κ2) is 33.9. The highest BCUT2D eigenvalue weighted by Crippen LogP contribution is 2.43. The number of carbonyl (C=O) groups excluding carboxylic acids is 2. The lowest BCUT2D eigenvalue weighted by molar-refractivity contribution is -0.161. The molecule has 5 atom stereocenters. The molecule has 0 aliphatic rings. The molecule has 0 spiro atoms. The molecule has 0 rings (SSSR count). The first-order valence-corrected chi connectivity index (χ1v) is 22.9. The van der Waals surface area contributed by atoms with Crippen LogP contribution in [0.2, 0.25) is 0 Å². The summed E-state index contributed by atoms with van der Waals surface area (Å²) in [6.45, 7) is 3.50. The third-order valence-corrected chi connectivity index (χ3v) is 9.54. The lowest BCUT2D eigenvalue weighted by atomic mass is 10.0. The first kappa shape index (κ1) is 54.0. The van der Waals surface area contributed by atoms with Gasteiger partial charge in [0.05, 0.1) is 32.0 Å². The zero-order valence-corrected chi connectivity index (χ0v) is 35.4. The third kappa shape index (κ3) is 36.3. The lowest BCUT2D eigenvalue weighted by Gasteiger charge is -2.20. The van der Waals surface area contributed by atoms with Crippen molar-refractivity contribution in [3.05, 3.63) is 48.6 Å². The van der Waals surface area contributed by atoms with Crippen molar-refractivity contribution in [3.63, 3.8) is 0 Å². The van der Waals surface area contributed by atoms with Crippen LogP contribution in [0.4, 0.5) is 0 Å². The smallest absolute Gasteiger partial charge is 0.462 e. The van der Waals surface area contributed by atoms with Gasteiger partial charge in [-0.3, -0.25) is 23.2 Å². The molecule has 0 aliphatic carbocycles. The minimum absolute atomic E-state index is 0.0674. The molecule has 0 aliphatic heterocycles. The van der Waals surface area contributed by atoms with Crippen LogP contribution < -0.4 is 0 Å². The fourth-order valence-corrected chi connectivity index (χ4v) is 6.13. The fourth-order valence-electron chi connectivity index (χ4n) is 4.97. The zero-order chi connectivity index (χ0) is 42.1. The third-order valence-electron chi connectivity index (χ3n) is 8.10. The van der Waals surface area contributed by atoms with Gasteiger partial charge in [-0.05, 0) is 57.3 Å². The van der Waals surface area contributed by atoms with E-state index < -0.39 is 78.4 Å². The van der Waals surface area contributed by atoms with Gasteiger partial charge in [0.1, 0.15) is 12.7 Å². The highest BCUT2D eigenvalue weighted by atomic mass is 31.2. The van der Waals surface area contributed by atoms with E-state index >= 15 is 0 Å². The maximum absolute atomic E-state index is 12.6. The Hall–Kier alpha value is -2.00. The molecule has 1 unspecified atom stereocenters. The number of esters is 2. The second-order valence-corrected chi connectivity index (χ2v) is 16.7. The summed E-state index contributed by atoms with van der Waals surface area (Å²) in [5.41, 5.74) is 0. The van der Waals surface area contributed by atoms with Crippen LogP contribution in [0.5, 0.6) is 0 Å². The number of carbonyl (C=O) groups is 2. The Morgan fingerprint density at radius 1 is 0.589 bits per heavy atom. The van der Waals surface area contributed by atoms with Gasteiger partial charge in [-0.1, -0.05) is 114 Å². The molecule has 6 N–H and O–H groups in total. The number of allylic oxidation sites excluding steroid dienone is 7. The van der Waals surface area contributed by atoms with Crippen molar-refractivity contribution in [1.82, 2.24) is 0 Å². The van der Waals surface area contributed by atoms with Crippen molar-refractivity contribution < 1.29 is 71.8 Å². The molecular formula is C39H70O15P2. The molecule has 326 valence electrons. The van der Waals surface area contributed by atoms with Crippen LogP contribution in [0.1, 0.15) is 130 Å². The van der Waals surface area contributed by atoms with Crippen LogP contribution in [0, 0.1) is 5.92 Å². The summed E-state index contributed by atoms with van der Waals surface area (Å²) in [6, 6.07) is 0. The predicted octanol–water partition coefficient (Wildman–Crippen LogP) is 7.30. The maximum atomic E-state index is 12.6. The summed E-state index contributed by atoms with van der Waals surface area (Å²) in [7, 11) is -9.76. The molecule has 0 aromatic carbocycles. The Morgan fingerprint density at radius 3 is 1.70 bits per heavy atom. The lowest BCUT2D eigenvalue weighted by Crippen LogP contribution is -2.30. The molecule has 56 heavy (non-hydrogen) atoms. The molecule has 17 heteroatoms. The van der Waals surface area contributed by atoms with Gasteiger partial charge < -0.3 is 39.5 Å². The SMILES string of the molecule is CC/C=C\C/C=C\C/C=C\C/C=C\C[C@H](O)[C@@H](O)CCCC(=O)OC[C@H](COP(=O)(O)OC[C@@H](O)COP(=O)(O)O)OC(=O)CCCCCCCCCC(C)C. The summed E-state index contributed by atoms with van der Waals surface area (Å²) in [5.74, 6) is -0.634. The fraction of sp³-hybridized carbons (Fsp3) is 0.744. The number of phosphoric acid groups is 2. The van der Waals surface area contributed by atoms with Gasteiger partial charge in [-0.15, -0.1) is 0 Å². The standard InChI is InChI=1S/C39H70O15P2/c1-4-5-6-7-8-9-10-11-12-15-18-21-25-36(41)37(42)26-23-28-38(43)50-31-35(32-53-56(48,49)52-30-34(40)29-51-55(45,46)47)54-39(44)27-22-19-16-13-14-17-20-24-33(2)3/h5-6,8-9,11-12,18,21,33-37,40-42H,4,7,10,13-17,19-20,22-32H2,1-3H3,(H,48,49)(H2,45,46,47)/b6-5-,9-8-,12-11-,21-18-/t34-,35+,36-,37-/m0/s1. The number of phosphoric ester groups is 2. The normalized spacial score (nSPS) is 15.9. The minimum Gasteiger partial charge on any atom is -0.462 e. The van der Waals surface area contributed by atoms with Crippen LogP contribution in [0.3, 0.4) is 0 Å². The van der Waals surface area contributed by atoms with Crippen LogP contribution in [-0.4, -0.2) is 92.8 Å². The van der Waals surface area contributed by atoms with Gasteiger partial charge in [0.25, 0.3) is 0 Å². The topological polar surface area (TPSA) is 236 Å². The molecule has 0 saturated carbocycles. The van der Waals surface area contributed by atoms with E-state index in [2.05, 4.69) is 60.2 Å². The Bertz CT molecular complexity index is 1230. The molecular weight excluding hydrogens is 770 g/mol. The van der Waals surface area contributed by atoms with Gasteiger partial charge in [-0.25, -0.2) is 9.13 Å². The van der Waals surface area contributed by atoms with Crippen molar-refractivity contribution in [1.29, 1.82) is 0 Å². The summed E-state index contributed by atoms with van der Waals surface area (Å²) in [5, 5.41) is 30.3. The summed E-state index contributed by atoms with van der Waals surface area (Å²) in [4.78, 5) is 52.5. The van der Waals surface area contributed by atoms with E-state index in [4.69, 9.17) is 23.8 Å². The van der Waals surface area contributed by atoms with E-state index in [1.54, 1.807) is 6.08 Å². The first-order valence-electron chi connectivity index (χ1n) is 19.9. The molecule has 0 bridgehead atoms. The van der Waals surface area contributed by atoms with Crippen molar-refractivity contribution in [2.45, 2.75) is 154 Å². The highest BCUT2D eigenvalue weighted by molar-refractivity contribution is 7.47. The molecule has 0 radical (unpaired) electrons. The number of rotatable bonds is 36. The van der Waals surface area contributed by atoms with E-state index in [0.29, 0.717) is 18.8 Å². The first-order chi connectivity index (χ1) is 26.5. The van der Waals surface area contributed by atoms with Crippen molar-refractivity contribution in [2.75, 3.05) is 26.4 Å². The van der Waals surface area contributed by atoms with Crippen LogP contribution in [-0.2, 0) is 41.8 Å². The molecule has 0 fully saturated rings. The molecule has 0 aromatic rings. The molecule has 0 amide bonds. The van der Waals surface area contributed by atoms with Crippen molar-refractivity contribution in [3.8, 4) is 0 Å². The van der Waals surface area contributed by atoms with E-state index in [1.807, 2.05) is 12.2 Å². The predicted molar refractivity (Wildman–Crippen MR) is 214 cm³/mol. The van der Waals surface area contributed by atoms with E-state index in [9.17, 15) is 38.9 Å². The van der Waals surface area contributed by atoms with Crippen LogP contribution in [0.25, 0.3) is 0 Å². The average molecular weight is 841 g/mol. The Balaban J connectivity index is 4.79. The Labute approximate surface area is 334 Å². The van der Waals surface area contributed by atoms with Gasteiger partial charge in [0, 0.05) is 12.8 Å². The summed E-state index contributed by atoms with van der Waals surface area (Å²) < 4.78 is 47.4. The van der Waals surface area contributed by atoms with Gasteiger partial charge >= 0.3 is 27.6 Å². The largest absolute Gasteiger partial charge is 0.472 e. The van der Waals surface area contributed by atoms with Gasteiger partial charge in [-0.2, -0.15) is 0 Å². The maximum Gasteiger partial charge on any atom is 0.472 e. The van der Waals surface area contributed by atoms with Gasteiger partial charge in [0.15, 0.2) is 6.10 Å². The average Bonchev–Trinajstić information content (AvgIpc) is 3.13. The second-order valence-electron chi connectivity index (χ2n) is 14.0. The monoisotopic (exact) mass is 840 g/mol. The Morgan fingerprint density at radius 2 is 1.11 bits per heavy atom. The van der Waals surface area contributed by atoms with Crippen molar-refractivity contribution in [2.24, 2.45) is 5.92 Å². The molecule has 0 saturated heterocycles. The quantitative estimate of drug-likeness (QED) is 0.0157. The van der Waals surface area contributed by atoms with E-state index in [1.165, 1.54) is 19.3 Å². The number of ether oxygens (including phenoxy) is 2. The summed E-state index contributed by atoms with van der Waals surface area (Å²) >= 11 is 0. The summed E-state index contributed by atoms with van der Waals surface area (Å²) in [6.07, 6.45) is 23.3. The van der Waals surface area contributed by atoms with Crippen LogP contribution >= 0.6 is 15.6 Å². The van der Waals surface area contributed by atoms with E-state index in [0.717, 1.165) is 44.9 Å². The van der Waals surface area contributed by atoms with Crippen LogP contribution in [0.15, 0.2) is 48.6 Å². The molecule has 0 aromatic heterocycles.